The molecule has 0 spiro atoms. The van der Waals surface area contributed by atoms with Gasteiger partial charge in [0, 0.05) is 0 Å². The van der Waals surface area contributed by atoms with Crippen molar-refractivity contribution < 1.29 is 47.6 Å². The number of nitrogens with one attached hydrogen (secondary N) is 2. The van der Waals surface area contributed by atoms with Gasteiger partial charge in [-0.05, 0) is 27.7 Å². The molecule has 0 aromatic heterocycles. The van der Waals surface area contributed by atoms with E-state index in [4.69, 9.17) is 28.4 Å². The Morgan fingerprint density at radius 1 is 0.676 bits per heavy atom. The Morgan fingerprint density at radius 2 is 1.03 bits per heavy atom. The molecule has 12 nitrogen and oxygen atoms in total. The number of rotatable bonds is 14. The molecule has 6 unspecified atom stereocenters. The normalized spacial score (nSPS) is 25.2. The van der Waals surface area contributed by atoms with Crippen LogP contribution in [0.3, 0.4) is 0 Å². The Bertz CT molecular complexity index is 645. The standard InChI is InChI=1S/C22H36N2O10/c1-5-29-17(25)9-13(21(27)31-7-3)23-15-11-33-20-16(12-34-19(15)20)24-14(22(28)32-8-4)10-18(26)30-6-2/h13-16,19-20,23-24H,5-12H2,1-4H3. The van der Waals surface area contributed by atoms with Crippen molar-refractivity contribution in [2.75, 3.05) is 39.6 Å². The summed E-state index contributed by atoms with van der Waals surface area (Å²) in [6.45, 7) is 7.92. The largest absolute Gasteiger partial charge is 0.466 e. The van der Waals surface area contributed by atoms with E-state index in [1.54, 1.807) is 27.7 Å². The summed E-state index contributed by atoms with van der Waals surface area (Å²) in [6, 6.07) is -2.63. The van der Waals surface area contributed by atoms with E-state index in [0.29, 0.717) is 0 Å². The van der Waals surface area contributed by atoms with Gasteiger partial charge in [-0.15, -0.1) is 0 Å². The Hall–Kier alpha value is -2.28. The third kappa shape index (κ3) is 7.90. The molecule has 6 atom stereocenters. The predicted molar refractivity (Wildman–Crippen MR) is 117 cm³/mol. The van der Waals surface area contributed by atoms with Crippen LogP contribution in [0.4, 0.5) is 0 Å². The first-order valence-electron chi connectivity index (χ1n) is 11.7. The van der Waals surface area contributed by atoms with E-state index in [1.165, 1.54) is 0 Å². The first kappa shape index (κ1) is 28.0. The maximum atomic E-state index is 12.4. The summed E-state index contributed by atoms with van der Waals surface area (Å²) in [5, 5.41) is 6.22. The van der Waals surface area contributed by atoms with Crippen LogP contribution in [-0.2, 0) is 47.6 Å². The molecular weight excluding hydrogens is 452 g/mol. The topological polar surface area (TPSA) is 148 Å². The lowest BCUT2D eigenvalue weighted by Crippen LogP contribution is -2.52. The van der Waals surface area contributed by atoms with E-state index in [2.05, 4.69) is 10.6 Å². The van der Waals surface area contributed by atoms with E-state index in [1.807, 2.05) is 0 Å². The van der Waals surface area contributed by atoms with Crippen molar-refractivity contribution in [3.63, 3.8) is 0 Å². The summed E-state index contributed by atoms with van der Waals surface area (Å²) in [7, 11) is 0. The average Bonchev–Trinajstić information content (AvgIpc) is 3.36. The maximum Gasteiger partial charge on any atom is 0.323 e. The van der Waals surface area contributed by atoms with Gasteiger partial charge in [0.25, 0.3) is 0 Å². The van der Waals surface area contributed by atoms with Crippen molar-refractivity contribution in [1.29, 1.82) is 0 Å². The van der Waals surface area contributed by atoms with Crippen molar-refractivity contribution >= 4 is 23.9 Å². The van der Waals surface area contributed by atoms with Crippen molar-refractivity contribution in [3.05, 3.63) is 0 Å². The van der Waals surface area contributed by atoms with E-state index < -0.39 is 60.3 Å². The Morgan fingerprint density at radius 3 is 1.35 bits per heavy atom. The predicted octanol–water partition coefficient (Wildman–Crippen LogP) is -0.530. The van der Waals surface area contributed by atoms with Gasteiger partial charge < -0.3 is 28.4 Å². The minimum Gasteiger partial charge on any atom is -0.466 e. The zero-order valence-electron chi connectivity index (χ0n) is 20.2. The van der Waals surface area contributed by atoms with Crippen LogP contribution in [0.2, 0.25) is 0 Å². The second kappa shape index (κ2) is 14.2. The molecule has 2 aliphatic heterocycles. The SMILES string of the molecule is CCOC(=O)CC(NC1COC2C(NC(CC(=O)OCC)C(=O)OCC)COC12)C(=O)OCC. The van der Waals surface area contributed by atoms with Crippen LogP contribution in [-0.4, -0.2) is 99.9 Å². The second-order valence-electron chi connectivity index (χ2n) is 7.77. The van der Waals surface area contributed by atoms with E-state index in [-0.39, 0.29) is 52.5 Å². The molecule has 0 aromatic carbocycles. The van der Waals surface area contributed by atoms with Gasteiger partial charge >= 0.3 is 23.9 Å². The summed E-state index contributed by atoms with van der Waals surface area (Å²) in [5.41, 5.74) is 0. The Labute approximate surface area is 199 Å². The zero-order chi connectivity index (χ0) is 25.1. The zero-order valence-corrected chi connectivity index (χ0v) is 20.2. The van der Waals surface area contributed by atoms with Crippen LogP contribution < -0.4 is 10.6 Å². The lowest BCUT2D eigenvalue weighted by molar-refractivity contribution is -0.152. The highest BCUT2D eigenvalue weighted by atomic mass is 16.6. The molecule has 0 saturated carbocycles. The molecule has 194 valence electrons. The summed E-state index contributed by atoms with van der Waals surface area (Å²) < 4.78 is 31.9. The smallest absolute Gasteiger partial charge is 0.323 e. The Balaban J connectivity index is 2.02. The van der Waals surface area contributed by atoms with E-state index in [9.17, 15) is 19.2 Å². The summed E-state index contributed by atoms with van der Waals surface area (Å²) in [6.07, 6.45) is -1.26. The van der Waals surface area contributed by atoms with Crippen molar-refractivity contribution in [2.24, 2.45) is 0 Å². The highest BCUT2D eigenvalue weighted by Gasteiger charge is 2.49. The van der Waals surface area contributed by atoms with Crippen molar-refractivity contribution in [3.8, 4) is 0 Å². The van der Waals surface area contributed by atoms with E-state index >= 15 is 0 Å². The molecule has 0 radical (unpaired) electrons. The lowest BCUT2D eigenvalue weighted by atomic mass is 10.0. The summed E-state index contributed by atoms with van der Waals surface area (Å²) >= 11 is 0. The monoisotopic (exact) mass is 488 g/mol. The molecule has 2 rings (SSSR count). The molecule has 2 saturated heterocycles. The third-order valence-corrected chi connectivity index (χ3v) is 5.38. The molecule has 2 aliphatic rings. The van der Waals surface area contributed by atoms with Gasteiger partial charge in [0.1, 0.15) is 24.3 Å². The van der Waals surface area contributed by atoms with Gasteiger partial charge in [0.2, 0.25) is 0 Å². The maximum absolute atomic E-state index is 12.4. The highest BCUT2D eigenvalue weighted by Crippen LogP contribution is 2.28. The molecule has 0 bridgehead atoms. The van der Waals surface area contributed by atoms with Crippen LogP contribution in [0.1, 0.15) is 40.5 Å². The van der Waals surface area contributed by atoms with Gasteiger partial charge in [0.05, 0.1) is 64.6 Å². The van der Waals surface area contributed by atoms with Gasteiger partial charge in [-0.25, -0.2) is 0 Å². The molecular formula is C22H36N2O10. The van der Waals surface area contributed by atoms with Crippen LogP contribution >= 0.6 is 0 Å². The fourth-order valence-corrected chi connectivity index (χ4v) is 3.98. The second-order valence-corrected chi connectivity index (χ2v) is 7.77. The van der Waals surface area contributed by atoms with Crippen molar-refractivity contribution in [2.45, 2.75) is 76.9 Å². The van der Waals surface area contributed by atoms with Gasteiger partial charge in [0.15, 0.2) is 0 Å². The summed E-state index contributed by atoms with van der Waals surface area (Å²) in [5.74, 6) is -2.18. The molecule has 34 heavy (non-hydrogen) atoms. The minimum atomic E-state index is -0.918. The summed E-state index contributed by atoms with van der Waals surface area (Å²) in [4.78, 5) is 48.7. The molecule has 0 aliphatic carbocycles. The number of carbonyl (C=O) groups excluding carboxylic acids is 4. The quantitative estimate of drug-likeness (QED) is 0.239. The van der Waals surface area contributed by atoms with Crippen LogP contribution in [0.25, 0.3) is 0 Å². The number of carbonyl (C=O) groups is 4. The number of hydrogen-bond donors (Lipinski definition) is 2. The Kier molecular flexibility index (Phi) is 11.7. The van der Waals surface area contributed by atoms with Gasteiger partial charge in [-0.2, -0.15) is 0 Å². The average molecular weight is 489 g/mol. The molecule has 0 amide bonds. The number of fused-ring (bicyclic) bond motifs is 1. The first-order valence-corrected chi connectivity index (χ1v) is 11.7. The highest BCUT2D eigenvalue weighted by molar-refractivity contribution is 5.83. The molecule has 12 heteroatoms. The third-order valence-electron chi connectivity index (χ3n) is 5.38. The van der Waals surface area contributed by atoms with E-state index in [0.717, 1.165) is 0 Å². The lowest BCUT2D eigenvalue weighted by Gasteiger charge is -2.24. The van der Waals surface area contributed by atoms with Crippen molar-refractivity contribution in [1.82, 2.24) is 10.6 Å². The molecule has 2 N–H and O–H groups in total. The van der Waals surface area contributed by atoms with Gasteiger partial charge in [-0.1, -0.05) is 0 Å². The van der Waals surface area contributed by atoms with Crippen LogP contribution in [0.5, 0.6) is 0 Å². The van der Waals surface area contributed by atoms with Crippen LogP contribution in [0.15, 0.2) is 0 Å². The fourth-order valence-electron chi connectivity index (χ4n) is 3.98. The molecule has 2 heterocycles. The van der Waals surface area contributed by atoms with Crippen LogP contribution in [0, 0.1) is 0 Å². The van der Waals surface area contributed by atoms with Gasteiger partial charge in [-0.3, -0.25) is 29.8 Å². The number of hydrogen-bond acceptors (Lipinski definition) is 12. The minimum absolute atomic E-state index is 0.172. The first-order chi connectivity index (χ1) is 16.3. The molecule has 0 aromatic rings. The fraction of sp³-hybridized carbons (Fsp3) is 0.818. The molecule has 2 fully saturated rings. The number of ether oxygens (including phenoxy) is 6. The number of esters is 4.